The van der Waals surface area contributed by atoms with Gasteiger partial charge >= 0.3 is 5.97 Å². The van der Waals surface area contributed by atoms with E-state index in [-0.39, 0.29) is 5.97 Å². The molecule has 4 nitrogen and oxygen atoms in total. The van der Waals surface area contributed by atoms with E-state index in [0.29, 0.717) is 23.6 Å². The largest absolute Gasteiger partial charge is 0.494 e. The van der Waals surface area contributed by atoms with Gasteiger partial charge in [-0.05, 0) is 37.1 Å². The molecule has 0 saturated carbocycles. The number of methoxy groups -OCH3 is 2. The van der Waals surface area contributed by atoms with Crippen molar-refractivity contribution in [3.63, 3.8) is 0 Å². The van der Waals surface area contributed by atoms with Crippen LogP contribution in [0.2, 0.25) is 5.02 Å². The number of ether oxygens (including phenoxy) is 2. The summed E-state index contributed by atoms with van der Waals surface area (Å²) < 4.78 is 10.0. The highest BCUT2D eigenvalue weighted by Crippen LogP contribution is 2.33. The van der Waals surface area contributed by atoms with E-state index in [1.807, 2.05) is 13.0 Å². The van der Waals surface area contributed by atoms with E-state index in [0.717, 1.165) is 22.2 Å². The first-order valence-electron chi connectivity index (χ1n) is 6.26. The van der Waals surface area contributed by atoms with Gasteiger partial charge in [-0.1, -0.05) is 11.6 Å². The normalized spacial score (nSPS) is 10.6. The minimum Gasteiger partial charge on any atom is -0.494 e. The Bertz CT molecular complexity index is 655. The van der Waals surface area contributed by atoms with Gasteiger partial charge in [0.15, 0.2) is 0 Å². The van der Waals surface area contributed by atoms with Crippen LogP contribution in [0.4, 0.5) is 0 Å². The van der Waals surface area contributed by atoms with Crippen molar-refractivity contribution in [1.82, 2.24) is 4.98 Å². The number of hydrogen-bond donors (Lipinski definition) is 0. The molecule has 2 rings (SSSR count). The van der Waals surface area contributed by atoms with Crippen molar-refractivity contribution in [3.8, 4) is 5.75 Å². The van der Waals surface area contributed by atoms with E-state index in [1.165, 1.54) is 7.11 Å². The number of halogens is 1. The molecule has 0 bridgehead atoms. The van der Waals surface area contributed by atoms with E-state index in [9.17, 15) is 4.79 Å². The molecule has 0 atom stereocenters. The number of hydrogen-bond acceptors (Lipinski definition) is 4. The number of nitrogens with zero attached hydrogens (tertiary/aromatic N) is 1. The van der Waals surface area contributed by atoms with Crippen molar-refractivity contribution in [2.24, 2.45) is 0 Å². The van der Waals surface area contributed by atoms with Crippen LogP contribution in [-0.2, 0) is 16.0 Å². The minimum atomic E-state index is -0.244. The summed E-state index contributed by atoms with van der Waals surface area (Å²) >= 11 is 6.28. The zero-order valence-corrected chi connectivity index (χ0v) is 12.5. The van der Waals surface area contributed by atoms with Crippen LogP contribution in [0, 0.1) is 6.92 Å². The average Bonchev–Trinajstić information content (AvgIpc) is 2.44. The molecule has 2 aromatic rings. The highest BCUT2D eigenvalue weighted by molar-refractivity contribution is 6.35. The highest BCUT2D eigenvalue weighted by atomic mass is 35.5. The molecule has 1 aromatic carbocycles. The Morgan fingerprint density at radius 3 is 2.75 bits per heavy atom. The van der Waals surface area contributed by atoms with Crippen molar-refractivity contribution in [2.45, 2.75) is 19.8 Å². The maximum absolute atomic E-state index is 11.3. The van der Waals surface area contributed by atoms with Gasteiger partial charge < -0.3 is 9.47 Å². The fourth-order valence-corrected chi connectivity index (χ4v) is 2.47. The molecule has 0 spiro atoms. The number of aromatic nitrogens is 1. The lowest BCUT2D eigenvalue weighted by Gasteiger charge is -2.12. The van der Waals surface area contributed by atoms with Gasteiger partial charge in [0.05, 0.1) is 19.2 Å². The third-order valence-corrected chi connectivity index (χ3v) is 3.44. The highest BCUT2D eigenvalue weighted by Gasteiger charge is 2.13. The quantitative estimate of drug-likeness (QED) is 0.812. The van der Waals surface area contributed by atoms with Gasteiger partial charge in [0, 0.05) is 17.5 Å². The lowest BCUT2D eigenvalue weighted by Crippen LogP contribution is -2.03. The predicted molar refractivity (Wildman–Crippen MR) is 78.4 cm³/mol. The van der Waals surface area contributed by atoms with Gasteiger partial charge in [0.2, 0.25) is 0 Å². The monoisotopic (exact) mass is 293 g/mol. The second kappa shape index (κ2) is 6.09. The second-order valence-electron chi connectivity index (χ2n) is 4.47. The zero-order chi connectivity index (χ0) is 14.7. The Morgan fingerprint density at radius 1 is 1.35 bits per heavy atom. The molecule has 0 radical (unpaired) electrons. The van der Waals surface area contributed by atoms with Crippen molar-refractivity contribution in [3.05, 3.63) is 34.5 Å². The molecular weight excluding hydrogens is 278 g/mol. The number of esters is 1. The Labute approximate surface area is 122 Å². The summed E-state index contributed by atoms with van der Waals surface area (Å²) in [5.74, 6) is 0.430. The molecule has 1 heterocycles. The number of pyridine rings is 1. The molecule has 106 valence electrons. The number of rotatable bonds is 4. The molecule has 0 aliphatic carbocycles. The fraction of sp³-hybridized carbons (Fsp3) is 0.333. The Balaban J connectivity index is 2.55. The van der Waals surface area contributed by atoms with Crippen molar-refractivity contribution in [1.29, 1.82) is 0 Å². The van der Waals surface area contributed by atoms with Gasteiger partial charge in [-0.2, -0.15) is 0 Å². The minimum absolute atomic E-state index is 0.244. The van der Waals surface area contributed by atoms with Gasteiger partial charge in [-0.25, -0.2) is 4.98 Å². The summed E-state index contributed by atoms with van der Waals surface area (Å²) in [6.45, 7) is 1.90. The van der Waals surface area contributed by atoms with E-state index in [4.69, 9.17) is 16.3 Å². The molecule has 1 aromatic heterocycles. The summed E-state index contributed by atoms with van der Waals surface area (Å²) in [6.07, 6.45) is 0.863. The summed E-state index contributed by atoms with van der Waals surface area (Å²) in [7, 11) is 2.98. The number of fused-ring (bicyclic) bond motifs is 1. The van der Waals surface area contributed by atoms with E-state index in [1.54, 1.807) is 19.2 Å². The van der Waals surface area contributed by atoms with Crippen LogP contribution in [0.5, 0.6) is 5.75 Å². The maximum atomic E-state index is 11.3. The standard InChI is InChI=1S/C15H16ClNO3/c1-9-8-10(4-7-13(18)20-3)14-11(16)5-6-12(19-2)15(14)17-9/h5-6,8H,4,7H2,1-3H3. The second-order valence-corrected chi connectivity index (χ2v) is 4.88. The third kappa shape index (κ3) is 2.85. The smallest absolute Gasteiger partial charge is 0.305 e. The summed E-state index contributed by atoms with van der Waals surface area (Å²) in [4.78, 5) is 15.8. The molecule has 0 saturated heterocycles. The fourth-order valence-electron chi connectivity index (χ4n) is 2.20. The van der Waals surface area contributed by atoms with E-state index < -0.39 is 0 Å². The molecule has 0 amide bonds. The van der Waals surface area contributed by atoms with Crippen LogP contribution in [0.3, 0.4) is 0 Å². The van der Waals surface area contributed by atoms with Crippen LogP contribution in [0.1, 0.15) is 17.7 Å². The molecule has 0 aliphatic rings. The van der Waals surface area contributed by atoms with E-state index in [2.05, 4.69) is 9.72 Å². The average molecular weight is 294 g/mol. The maximum Gasteiger partial charge on any atom is 0.305 e. The molecule has 0 aliphatic heterocycles. The summed E-state index contributed by atoms with van der Waals surface area (Å²) in [5, 5.41) is 1.44. The number of carbonyl (C=O) groups is 1. The number of benzene rings is 1. The molecule has 0 unspecified atom stereocenters. The topological polar surface area (TPSA) is 48.4 Å². The molecule has 20 heavy (non-hydrogen) atoms. The SMILES string of the molecule is COC(=O)CCc1cc(C)nc2c(OC)ccc(Cl)c12. The van der Waals surface area contributed by atoms with Crippen molar-refractivity contribution < 1.29 is 14.3 Å². The van der Waals surface area contributed by atoms with Crippen LogP contribution >= 0.6 is 11.6 Å². The summed E-state index contributed by atoms with van der Waals surface area (Å²) in [5.41, 5.74) is 2.56. The van der Waals surface area contributed by atoms with Crippen LogP contribution in [0.25, 0.3) is 10.9 Å². The Hall–Kier alpha value is -1.81. The molecule has 5 heteroatoms. The van der Waals surface area contributed by atoms with Gasteiger partial charge in [-0.15, -0.1) is 0 Å². The van der Waals surface area contributed by atoms with Crippen LogP contribution in [0.15, 0.2) is 18.2 Å². The first-order valence-corrected chi connectivity index (χ1v) is 6.64. The lowest BCUT2D eigenvalue weighted by molar-refractivity contribution is -0.140. The number of aryl methyl sites for hydroxylation is 2. The zero-order valence-electron chi connectivity index (χ0n) is 11.7. The lowest BCUT2D eigenvalue weighted by atomic mass is 10.0. The summed E-state index contributed by atoms with van der Waals surface area (Å²) in [6, 6.07) is 5.51. The van der Waals surface area contributed by atoms with E-state index >= 15 is 0 Å². The van der Waals surface area contributed by atoms with Crippen LogP contribution < -0.4 is 4.74 Å². The van der Waals surface area contributed by atoms with Gasteiger partial charge in [-0.3, -0.25) is 4.79 Å². The van der Waals surface area contributed by atoms with Gasteiger partial charge in [0.1, 0.15) is 11.3 Å². The van der Waals surface area contributed by atoms with Gasteiger partial charge in [0.25, 0.3) is 0 Å². The first kappa shape index (κ1) is 14.6. The predicted octanol–water partition coefficient (Wildman–Crippen LogP) is 3.31. The number of carbonyl (C=O) groups excluding carboxylic acids is 1. The Kier molecular flexibility index (Phi) is 4.45. The van der Waals surface area contributed by atoms with Crippen LogP contribution in [-0.4, -0.2) is 25.2 Å². The molecular formula is C15H16ClNO3. The molecule has 0 fully saturated rings. The van der Waals surface area contributed by atoms with Crippen molar-refractivity contribution in [2.75, 3.05) is 14.2 Å². The molecule has 0 N–H and O–H groups in total. The first-order chi connectivity index (χ1) is 9.56. The third-order valence-electron chi connectivity index (χ3n) is 3.13. The van der Waals surface area contributed by atoms with Crippen molar-refractivity contribution >= 4 is 28.5 Å². The Morgan fingerprint density at radius 2 is 2.10 bits per heavy atom.